The highest BCUT2D eigenvalue weighted by Crippen LogP contribution is 2.12. The van der Waals surface area contributed by atoms with Gasteiger partial charge >= 0.3 is 11.8 Å². The van der Waals surface area contributed by atoms with Gasteiger partial charge in [-0.15, -0.1) is 0 Å². The van der Waals surface area contributed by atoms with Gasteiger partial charge in [0.2, 0.25) is 0 Å². The molecule has 2 amide bonds. The Balaban J connectivity index is 1.85. The smallest absolute Gasteiger partial charge is 0.309 e. The Morgan fingerprint density at radius 1 is 1.04 bits per heavy atom. The second kappa shape index (κ2) is 7.74. The lowest BCUT2D eigenvalue weighted by molar-refractivity contribution is -0.139. The molecule has 0 aliphatic heterocycles. The van der Waals surface area contributed by atoms with Crippen LogP contribution in [-0.4, -0.2) is 11.8 Å². The van der Waals surface area contributed by atoms with Gasteiger partial charge in [-0.3, -0.25) is 9.59 Å². The molecule has 2 N–H and O–H groups in total. The SMILES string of the molecule is CC(NC(=O)C(=O)NCc1ccc(Cl)cc1)c1ccc(F)cc1. The summed E-state index contributed by atoms with van der Waals surface area (Å²) in [5.41, 5.74) is 1.55. The lowest BCUT2D eigenvalue weighted by atomic mass is 10.1. The van der Waals surface area contributed by atoms with Gasteiger partial charge in [0, 0.05) is 11.6 Å². The summed E-state index contributed by atoms with van der Waals surface area (Å²) < 4.78 is 12.9. The van der Waals surface area contributed by atoms with E-state index in [1.165, 1.54) is 12.1 Å². The summed E-state index contributed by atoms with van der Waals surface area (Å²) in [6, 6.07) is 12.3. The third-order valence-corrected chi connectivity index (χ3v) is 3.54. The number of amides is 2. The van der Waals surface area contributed by atoms with Crippen molar-refractivity contribution >= 4 is 23.4 Å². The van der Waals surface area contributed by atoms with Crippen molar-refractivity contribution in [3.63, 3.8) is 0 Å². The molecule has 0 saturated heterocycles. The van der Waals surface area contributed by atoms with Gasteiger partial charge in [-0.05, 0) is 42.3 Å². The van der Waals surface area contributed by atoms with Crippen LogP contribution in [0.4, 0.5) is 4.39 Å². The van der Waals surface area contributed by atoms with Crippen LogP contribution in [0.25, 0.3) is 0 Å². The van der Waals surface area contributed by atoms with E-state index >= 15 is 0 Å². The Hall–Kier alpha value is -2.40. The van der Waals surface area contributed by atoms with Crippen molar-refractivity contribution in [2.75, 3.05) is 0 Å². The van der Waals surface area contributed by atoms with Crippen LogP contribution in [0.1, 0.15) is 24.1 Å². The summed E-state index contributed by atoms with van der Waals surface area (Å²) in [5.74, 6) is -1.82. The lowest BCUT2D eigenvalue weighted by Gasteiger charge is -2.14. The molecule has 1 atom stereocenters. The first-order valence-corrected chi connectivity index (χ1v) is 7.42. The quantitative estimate of drug-likeness (QED) is 0.845. The van der Waals surface area contributed by atoms with E-state index in [0.717, 1.165) is 5.56 Å². The maximum absolute atomic E-state index is 12.9. The number of hydrogen-bond donors (Lipinski definition) is 2. The molecule has 0 spiro atoms. The van der Waals surface area contributed by atoms with Gasteiger partial charge in [0.15, 0.2) is 0 Å². The second-order valence-corrected chi connectivity index (χ2v) is 5.49. The molecule has 4 nitrogen and oxygen atoms in total. The van der Waals surface area contributed by atoms with Crippen LogP contribution in [-0.2, 0) is 16.1 Å². The molecule has 1 unspecified atom stereocenters. The van der Waals surface area contributed by atoms with E-state index in [-0.39, 0.29) is 12.4 Å². The zero-order valence-electron chi connectivity index (χ0n) is 12.5. The summed E-state index contributed by atoms with van der Waals surface area (Å²) in [6.07, 6.45) is 0. The Morgan fingerprint density at radius 3 is 2.26 bits per heavy atom. The van der Waals surface area contributed by atoms with Crippen LogP contribution in [0.15, 0.2) is 48.5 Å². The van der Waals surface area contributed by atoms with Crippen molar-refractivity contribution in [1.82, 2.24) is 10.6 Å². The highest BCUT2D eigenvalue weighted by Gasteiger charge is 2.16. The summed E-state index contributed by atoms with van der Waals surface area (Å²) >= 11 is 5.78. The standard InChI is InChI=1S/C17H16ClFN2O2/c1-11(13-4-8-15(19)9-5-13)21-17(23)16(22)20-10-12-2-6-14(18)7-3-12/h2-9,11H,10H2,1H3,(H,20,22)(H,21,23). The zero-order chi connectivity index (χ0) is 16.8. The van der Waals surface area contributed by atoms with Gasteiger partial charge in [0.05, 0.1) is 6.04 Å². The number of halogens is 2. The minimum atomic E-state index is -0.740. The maximum atomic E-state index is 12.9. The number of benzene rings is 2. The van der Waals surface area contributed by atoms with Gasteiger partial charge in [-0.25, -0.2) is 4.39 Å². The van der Waals surface area contributed by atoms with E-state index in [9.17, 15) is 14.0 Å². The molecule has 0 bridgehead atoms. The van der Waals surface area contributed by atoms with Crippen LogP contribution < -0.4 is 10.6 Å². The van der Waals surface area contributed by atoms with Crippen molar-refractivity contribution in [3.05, 3.63) is 70.5 Å². The summed E-state index contributed by atoms with van der Waals surface area (Å²) in [6.45, 7) is 1.95. The first kappa shape index (κ1) is 17.0. The number of carbonyl (C=O) groups excluding carboxylic acids is 2. The van der Waals surface area contributed by atoms with Crippen molar-refractivity contribution < 1.29 is 14.0 Å². The third-order valence-electron chi connectivity index (χ3n) is 3.29. The predicted octanol–water partition coefficient (Wildman–Crippen LogP) is 2.97. The zero-order valence-corrected chi connectivity index (χ0v) is 13.2. The maximum Gasteiger partial charge on any atom is 0.309 e. The van der Waals surface area contributed by atoms with Crippen molar-refractivity contribution in [2.24, 2.45) is 0 Å². The molecule has 6 heteroatoms. The van der Waals surface area contributed by atoms with E-state index < -0.39 is 17.9 Å². The van der Waals surface area contributed by atoms with Gasteiger partial charge in [0.25, 0.3) is 0 Å². The minimum absolute atomic E-state index is 0.231. The van der Waals surface area contributed by atoms with Gasteiger partial charge in [0.1, 0.15) is 5.82 Å². The Morgan fingerprint density at radius 2 is 1.65 bits per heavy atom. The van der Waals surface area contributed by atoms with E-state index in [1.54, 1.807) is 43.3 Å². The molecule has 0 saturated carbocycles. The third kappa shape index (κ3) is 5.07. The normalized spacial score (nSPS) is 11.6. The topological polar surface area (TPSA) is 58.2 Å². The van der Waals surface area contributed by atoms with Crippen LogP contribution in [0.5, 0.6) is 0 Å². The Kier molecular flexibility index (Phi) is 5.71. The summed E-state index contributed by atoms with van der Waals surface area (Å²) in [5, 5.41) is 5.70. The molecule has 2 aromatic carbocycles. The fourth-order valence-corrected chi connectivity index (χ4v) is 2.09. The van der Waals surface area contributed by atoms with Crippen LogP contribution >= 0.6 is 11.6 Å². The number of rotatable bonds is 4. The first-order chi connectivity index (χ1) is 11.0. The highest BCUT2D eigenvalue weighted by atomic mass is 35.5. The Bertz CT molecular complexity index is 687. The molecule has 2 rings (SSSR count). The number of carbonyl (C=O) groups is 2. The molecule has 0 aromatic heterocycles. The van der Waals surface area contributed by atoms with E-state index in [4.69, 9.17) is 11.6 Å². The lowest BCUT2D eigenvalue weighted by Crippen LogP contribution is -2.40. The van der Waals surface area contributed by atoms with Gasteiger partial charge in [-0.2, -0.15) is 0 Å². The minimum Gasteiger partial charge on any atom is -0.344 e. The first-order valence-electron chi connectivity index (χ1n) is 7.04. The van der Waals surface area contributed by atoms with Gasteiger partial charge in [-0.1, -0.05) is 35.9 Å². The number of nitrogens with one attached hydrogen (secondary N) is 2. The van der Waals surface area contributed by atoms with E-state index in [0.29, 0.717) is 10.6 Å². The molecule has 23 heavy (non-hydrogen) atoms. The van der Waals surface area contributed by atoms with Crippen molar-refractivity contribution in [1.29, 1.82) is 0 Å². The van der Waals surface area contributed by atoms with E-state index in [2.05, 4.69) is 10.6 Å². The fraction of sp³-hybridized carbons (Fsp3) is 0.176. The molecule has 0 fully saturated rings. The predicted molar refractivity (Wildman–Crippen MR) is 86.3 cm³/mol. The molecular formula is C17H16ClFN2O2. The molecule has 120 valence electrons. The molecule has 0 heterocycles. The van der Waals surface area contributed by atoms with Gasteiger partial charge < -0.3 is 10.6 Å². The van der Waals surface area contributed by atoms with Crippen LogP contribution in [0, 0.1) is 5.82 Å². The van der Waals surface area contributed by atoms with E-state index in [1.807, 2.05) is 0 Å². The van der Waals surface area contributed by atoms with Crippen molar-refractivity contribution in [2.45, 2.75) is 19.5 Å². The second-order valence-electron chi connectivity index (χ2n) is 5.06. The van der Waals surface area contributed by atoms with Crippen LogP contribution in [0.2, 0.25) is 5.02 Å². The average molecular weight is 335 g/mol. The largest absolute Gasteiger partial charge is 0.344 e. The monoisotopic (exact) mass is 334 g/mol. The summed E-state index contributed by atoms with van der Waals surface area (Å²) in [7, 11) is 0. The molecule has 2 aromatic rings. The Labute approximate surface area is 138 Å². The molecule has 0 radical (unpaired) electrons. The molecule has 0 aliphatic carbocycles. The van der Waals surface area contributed by atoms with Crippen LogP contribution in [0.3, 0.4) is 0 Å². The highest BCUT2D eigenvalue weighted by molar-refractivity contribution is 6.35. The van der Waals surface area contributed by atoms with Crippen molar-refractivity contribution in [3.8, 4) is 0 Å². The molecule has 0 aliphatic rings. The summed E-state index contributed by atoms with van der Waals surface area (Å²) in [4.78, 5) is 23.6. The molecular weight excluding hydrogens is 319 g/mol. The average Bonchev–Trinajstić information content (AvgIpc) is 2.54. The number of hydrogen-bond acceptors (Lipinski definition) is 2. The fourth-order valence-electron chi connectivity index (χ4n) is 1.96.